The van der Waals surface area contributed by atoms with Crippen LogP contribution in [0.15, 0.2) is 66.7 Å². The van der Waals surface area contributed by atoms with Crippen molar-refractivity contribution in [3.63, 3.8) is 0 Å². The molecule has 0 aliphatic heterocycles. The standard InChI is InChI=1S/C28H26F7NO3/c1-25(2,22-14-20(29)9-10-23(22)39-3)16-26(38,15-17-7-5-4-6-8-17)24(37)36-21-12-18(27(30,31)32)11-19(13-21)28(33,34)35/h4-14,38H,15-16H2,1-3H3,(H,36,37). The molecule has 39 heavy (non-hydrogen) atoms. The van der Waals surface area contributed by atoms with E-state index in [2.05, 4.69) is 0 Å². The number of methoxy groups -OCH3 is 1. The minimum Gasteiger partial charge on any atom is -0.496 e. The molecular formula is C28H26F7NO3. The molecule has 0 bridgehead atoms. The van der Waals surface area contributed by atoms with E-state index < -0.39 is 58.3 Å². The highest BCUT2D eigenvalue weighted by atomic mass is 19.4. The van der Waals surface area contributed by atoms with E-state index in [0.29, 0.717) is 23.3 Å². The number of aliphatic hydroxyl groups is 1. The molecule has 11 heteroatoms. The fourth-order valence-electron chi connectivity index (χ4n) is 4.47. The summed E-state index contributed by atoms with van der Waals surface area (Å²) in [5, 5.41) is 13.7. The molecule has 0 saturated heterocycles. The summed E-state index contributed by atoms with van der Waals surface area (Å²) in [7, 11) is 1.35. The number of halogens is 7. The van der Waals surface area contributed by atoms with Crippen LogP contribution in [0.5, 0.6) is 5.75 Å². The third kappa shape index (κ3) is 7.29. The van der Waals surface area contributed by atoms with Gasteiger partial charge in [0.05, 0.1) is 18.2 Å². The Labute approximate surface area is 220 Å². The quantitative estimate of drug-likeness (QED) is 0.289. The fraction of sp³-hybridized carbons (Fsp3) is 0.321. The van der Waals surface area contributed by atoms with Gasteiger partial charge in [-0.3, -0.25) is 4.79 Å². The van der Waals surface area contributed by atoms with E-state index >= 15 is 0 Å². The number of hydrogen-bond acceptors (Lipinski definition) is 3. The van der Waals surface area contributed by atoms with Crippen molar-refractivity contribution in [3.05, 3.63) is 94.8 Å². The largest absolute Gasteiger partial charge is 0.496 e. The Morgan fingerprint density at radius 3 is 1.95 bits per heavy atom. The lowest BCUT2D eigenvalue weighted by Gasteiger charge is -2.36. The number of carbonyl (C=O) groups is 1. The molecule has 0 spiro atoms. The van der Waals surface area contributed by atoms with Gasteiger partial charge in [0.25, 0.3) is 5.91 Å². The average molecular weight is 558 g/mol. The molecule has 210 valence electrons. The van der Waals surface area contributed by atoms with Crippen LogP contribution in [0.25, 0.3) is 0 Å². The second kappa shape index (κ2) is 10.9. The van der Waals surface area contributed by atoms with Crippen LogP contribution in [-0.4, -0.2) is 23.7 Å². The van der Waals surface area contributed by atoms with Gasteiger partial charge in [-0.15, -0.1) is 0 Å². The highest BCUT2D eigenvalue weighted by molar-refractivity contribution is 5.97. The molecule has 1 amide bonds. The first-order valence-corrected chi connectivity index (χ1v) is 11.7. The number of rotatable bonds is 8. The van der Waals surface area contributed by atoms with Crippen LogP contribution in [0.1, 0.15) is 42.5 Å². The fourth-order valence-corrected chi connectivity index (χ4v) is 4.47. The Bertz CT molecular complexity index is 1290. The van der Waals surface area contributed by atoms with Gasteiger partial charge in [0, 0.05) is 17.7 Å². The van der Waals surface area contributed by atoms with E-state index in [1.165, 1.54) is 19.2 Å². The Balaban J connectivity index is 2.07. The lowest BCUT2D eigenvalue weighted by Crippen LogP contribution is -2.49. The molecule has 2 N–H and O–H groups in total. The monoisotopic (exact) mass is 557 g/mol. The minimum absolute atomic E-state index is 0.0643. The van der Waals surface area contributed by atoms with Crippen LogP contribution < -0.4 is 10.1 Å². The van der Waals surface area contributed by atoms with Gasteiger partial charge in [0.15, 0.2) is 0 Å². The first-order chi connectivity index (χ1) is 17.9. The first-order valence-electron chi connectivity index (χ1n) is 11.7. The molecule has 0 fully saturated rings. The average Bonchev–Trinajstić information content (AvgIpc) is 2.83. The summed E-state index contributed by atoms with van der Waals surface area (Å²) >= 11 is 0. The van der Waals surface area contributed by atoms with Crippen molar-refractivity contribution < 1.29 is 45.4 Å². The van der Waals surface area contributed by atoms with Gasteiger partial charge in [-0.2, -0.15) is 26.3 Å². The van der Waals surface area contributed by atoms with Gasteiger partial charge in [-0.05, 0) is 53.8 Å². The van der Waals surface area contributed by atoms with Gasteiger partial charge in [-0.25, -0.2) is 4.39 Å². The highest BCUT2D eigenvalue weighted by Gasteiger charge is 2.44. The van der Waals surface area contributed by atoms with E-state index in [9.17, 15) is 40.6 Å². The molecule has 4 nitrogen and oxygen atoms in total. The lowest BCUT2D eigenvalue weighted by atomic mass is 9.72. The van der Waals surface area contributed by atoms with Crippen molar-refractivity contribution in [1.82, 2.24) is 0 Å². The zero-order chi connectivity index (χ0) is 29.2. The van der Waals surface area contributed by atoms with Gasteiger partial charge >= 0.3 is 12.4 Å². The molecule has 0 aromatic heterocycles. The smallest absolute Gasteiger partial charge is 0.416 e. The summed E-state index contributed by atoms with van der Waals surface area (Å²) < 4.78 is 99.5. The van der Waals surface area contributed by atoms with Gasteiger partial charge in [0.2, 0.25) is 0 Å². The normalized spacial score (nSPS) is 14.0. The maximum Gasteiger partial charge on any atom is 0.416 e. The molecule has 3 aromatic rings. The summed E-state index contributed by atoms with van der Waals surface area (Å²) in [6.07, 6.45) is -11.0. The number of hydrogen-bond donors (Lipinski definition) is 2. The Kier molecular flexibility index (Phi) is 8.35. The summed E-state index contributed by atoms with van der Waals surface area (Å²) in [6, 6.07) is 12.5. The Morgan fingerprint density at radius 2 is 1.44 bits per heavy atom. The SMILES string of the molecule is COc1ccc(F)cc1C(C)(C)CC(O)(Cc1ccccc1)C(=O)Nc1cc(C(F)(F)F)cc(C(F)(F)F)c1. The van der Waals surface area contributed by atoms with E-state index in [4.69, 9.17) is 4.74 Å². The van der Waals surface area contributed by atoms with Crippen molar-refractivity contribution in [2.75, 3.05) is 12.4 Å². The van der Waals surface area contributed by atoms with Crippen molar-refractivity contribution in [3.8, 4) is 5.75 Å². The molecule has 0 radical (unpaired) electrons. The number of anilines is 1. The van der Waals surface area contributed by atoms with E-state index in [-0.39, 0.29) is 18.2 Å². The molecule has 0 aliphatic carbocycles. The Morgan fingerprint density at radius 1 is 0.872 bits per heavy atom. The van der Waals surface area contributed by atoms with Crippen LogP contribution in [0.2, 0.25) is 0 Å². The molecule has 0 aliphatic rings. The molecule has 1 unspecified atom stereocenters. The van der Waals surface area contributed by atoms with E-state index in [1.807, 2.05) is 5.32 Å². The number of ether oxygens (including phenoxy) is 1. The van der Waals surface area contributed by atoms with Gasteiger partial charge in [0.1, 0.15) is 17.2 Å². The van der Waals surface area contributed by atoms with Crippen molar-refractivity contribution in [2.24, 2.45) is 0 Å². The van der Waals surface area contributed by atoms with Crippen LogP contribution in [0.3, 0.4) is 0 Å². The zero-order valence-electron chi connectivity index (χ0n) is 21.2. The molecule has 3 aromatic carbocycles. The number of alkyl halides is 6. The summed E-state index contributed by atoms with van der Waals surface area (Å²) in [5.41, 5.74) is -6.78. The lowest BCUT2D eigenvalue weighted by molar-refractivity contribution is -0.143. The second-order valence-electron chi connectivity index (χ2n) is 9.85. The predicted molar refractivity (Wildman–Crippen MR) is 131 cm³/mol. The third-order valence-electron chi connectivity index (χ3n) is 6.23. The molecule has 1 atom stereocenters. The molecule has 0 saturated carbocycles. The van der Waals surface area contributed by atoms with Gasteiger partial charge < -0.3 is 15.2 Å². The van der Waals surface area contributed by atoms with Crippen LogP contribution >= 0.6 is 0 Å². The van der Waals surface area contributed by atoms with E-state index in [1.54, 1.807) is 44.2 Å². The van der Waals surface area contributed by atoms with Crippen LogP contribution in [0.4, 0.5) is 36.4 Å². The molecule has 3 rings (SSSR count). The third-order valence-corrected chi connectivity index (χ3v) is 6.23. The number of amides is 1. The number of carbonyl (C=O) groups excluding carboxylic acids is 1. The van der Waals surface area contributed by atoms with E-state index in [0.717, 1.165) is 6.07 Å². The molecular weight excluding hydrogens is 531 g/mol. The Hall–Kier alpha value is -3.60. The van der Waals surface area contributed by atoms with Crippen molar-refractivity contribution in [2.45, 2.75) is 50.1 Å². The number of nitrogens with one attached hydrogen (secondary N) is 1. The molecule has 0 heterocycles. The maximum atomic E-state index is 14.1. The van der Waals surface area contributed by atoms with Crippen LogP contribution in [0, 0.1) is 5.82 Å². The summed E-state index contributed by atoms with van der Waals surface area (Å²) in [5.74, 6) is -1.59. The minimum atomic E-state index is -5.13. The summed E-state index contributed by atoms with van der Waals surface area (Å²) in [4.78, 5) is 13.5. The van der Waals surface area contributed by atoms with Crippen molar-refractivity contribution in [1.29, 1.82) is 0 Å². The highest BCUT2D eigenvalue weighted by Crippen LogP contribution is 2.41. The predicted octanol–water partition coefficient (Wildman–Crippen LogP) is 7.15. The maximum absolute atomic E-state index is 14.1. The number of benzene rings is 3. The zero-order valence-corrected chi connectivity index (χ0v) is 21.2. The van der Waals surface area contributed by atoms with Crippen LogP contribution in [-0.2, 0) is 29.0 Å². The topological polar surface area (TPSA) is 58.6 Å². The summed E-state index contributed by atoms with van der Waals surface area (Å²) in [6.45, 7) is 3.19. The van der Waals surface area contributed by atoms with Gasteiger partial charge in [-0.1, -0.05) is 44.2 Å². The first kappa shape index (κ1) is 29.9. The second-order valence-corrected chi connectivity index (χ2v) is 9.85. The van der Waals surface area contributed by atoms with Crippen molar-refractivity contribution >= 4 is 11.6 Å².